The minimum atomic E-state index is -0.135. The minimum absolute atomic E-state index is 0.0205. The number of hydrogen-bond acceptors (Lipinski definition) is 4. The zero-order chi connectivity index (χ0) is 30.5. The van der Waals surface area contributed by atoms with E-state index in [0.29, 0.717) is 0 Å². The predicted molar refractivity (Wildman–Crippen MR) is 171 cm³/mol. The number of nitrogens with zero attached hydrogens (tertiary/aromatic N) is 2. The summed E-state index contributed by atoms with van der Waals surface area (Å²) in [4.78, 5) is 26.1. The van der Waals surface area contributed by atoms with Crippen LogP contribution in [0.25, 0.3) is 11.1 Å². The molecule has 4 atom stereocenters. The third-order valence-electron chi connectivity index (χ3n) is 9.58. The summed E-state index contributed by atoms with van der Waals surface area (Å²) >= 11 is 0. The molecule has 2 amide bonds. The Bertz CT molecular complexity index is 1410. The van der Waals surface area contributed by atoms with E-state index in [4.69, 9.17) is 4.74 Å². The molecule has 7 heteroatoms. The third kappa shape index (κ3) is 7.31. The molecule has 0 spiro atoms. The van der Waals surface area contributed by atoms with Gasteiger partial charge >= 0.3 is 0 Å². The molecule has 4 unspecified atom stereocenters. The quantitative estimate of drug-likeness (QED) is 0.277. The number of benzene rings is 2. The molecule has 0 radical (unpaired) electrons. The summed E-state index contributed by atoms with van der Waals surface area (Å²) in [6, 6.07) is 15.1. The number of aromatic nitrogens is 2. The van der Waals surface area contributed by atoms with Gasteiger partial charge in [-0.05, 0) is 93.2 Å². The highest BCUT2D eigenvalue weighted by atomic mass is 16.5. The lowest BCUT2D eigenvalue weighted by molar-refractivity contribution is -0.127. The van der Waals surface area contributed by atoms with Gasteiger partial charge in [0.25, 0.3) is 0 Å². The van der Waals surface area contributed by atoms with E-state index in [9.17, 15) is 9.59 Å². The minimum Gasteiger partial charge on any atom is -0.496 e. The number of nitrogens with one attached hydrogen (secondary N) is 2. The Morgan fingerprint density at radius 1 is 1.00 bits per heavy atom. The van der Waals surface area contributed by atoms with Gasteiger partial charge in [-0.15, -0.1) is 0 Å². The number of ether oxygens (including phenoxy) is 1. The number of carbonyl (C=O) groups excluding carboxylic acids is 2. The summed E-state index contributed by atoms with van der Waals surface area (Å²) in [5.74, 6) is 1.49. The van der Waals surface area contributed by atoms with Crippen LogP contribution in [0, 0.1) is 18.8 Å². The van der Waals surface area contributed by atoms with E-state index in [1.165, 1.54) is 12.0 Å². The van der Waals surface area contributed by atoms with Crippen LogP contribution in [0.1, 0.15) is 107 Å². The second-order valence-electron chi connectivity index (χ2n) is 13.0. The van der Waals surface area contributed by atoms with Crippen LogP contribution in [0.2, 0.25) is 0 Å². The third-order valence-corrected chi connectivity index (χ3v) is 9.58. The Morgan fingerprint density at radius 2 is 1.79 bits per heavy atom. The zero-order valence-electron chi connectivity index (χ0n) is 26.4. The first kappa shape index (κ1) is 30.8. The molecule has 7 nitrogen and oxygen atoms in total. The molecule has 1 aromatic heterocycles. The average Bonchev–Trinajstić information content (AvgIpc) is 3.51. The van der Waals surface area contributed by atoms with Crippen LogP contribution in [0.5, 0.6) is 5.75 Å². The second-order valence-corrected chi connectivity index (χ2v) is 13.0. The van der Waals surface area contributed by atoms with E-state index < -0.39 is 0 Å². The van der Waals surface area contributed by atoms with Crippen LogP contribution in [0.4, 0.5) is 0 Å². The van der Waals surface area contributed by atoms with Crippen molar-refractivity contribution < 1.29 is 14.3 Å². The Morgan fingerprint density at radius 3 is 2.47 bits per heavy atom. The van der Waals surface area contributed by atoms with Crippen LogP contribution in [0.3, 0.4) is 0 Å². The lowest BCUT2D eigenvalue weighted by Gasteiger charge is -2.41. The first-order valence-electron chi connectivity index (χ1n) is 16.1. The highest BCUT2D eigenvalue weighted by molar-refractivity contribution is 5.79. The normalized spacial score (nSPS) is 21.8. The van der Waals surface area contributed by atoms with Crippen molar-refractivity contribution in [2.24, 2.45) is 11.8 Å². The SMILES string of the molecule is COc1ccc(C2CCC(C(NC(=O)C3CCCCC3)c3cccc(-c4cnn(C(C)C)c4)c3)CC2NC(C)=O)cc1C. The molecule has 2 fully saturated rings. The van der Waals surface area contributed by atoms with Gasteiger partial charge in [-0.2, -0.15) is 5.10 Å². The number of aryl methyl sites for hydroxylation is 1. The second kappa shape index (κ2) is 13.8. The average molecular weight is 585 g/mol. The first-order chi connectivity index (χ1) is 20.7. The van der Waals surface area contributed by atoms with Crippen molar-refractivity contribution in [3.8, 4) is 16.9 Å². The van der Waals surface area contributed by atoms with Gasteiger partial charge in [0.1, 0.15) is 5.75 Å². The summed E-state index contributed by atoms with van der Waals surface area (Å²) in [6.45, 7) is 7.91. The Hall–Kier alpha value is -3.61. The maximum atomic E-state index is 13.7. The largest absolute Gasteiger partial charge is 0.496 e. The highest BCUT2D eigenvalue weighted by Gasteiger charge is 2.38. The van der Waals surface area contributed by atoms with Crippen molar-refractivity contribution in [1.29, 1.82) is 0 Å². The van der Waals surface area contributed by atoms with E-state index in [-0.39, 0.29) is 47.7 Å². The summed E-state index contributed by atoms with van der Waals surface area (Å²) in [5.41, 5.74) is 5.61. The molecule has 230 valence electrons. The molecule has 1 heterocycles. The summed E-state index contributed by atoms with van der Waals surface area (Å²) in [5, 5.41) is 11.4. The Labute approximate surface area is 256 Å². The fourth-order valence-corrected chi connectivity index (χ4v) is 7.25. The van der Waals surface area contributed by atoms with Gasteiger partial charge in [0.15, 0.2) is 0 Å². The van der Waals surface area contributed by atoms with Crippen LogP contribution < -0.4 is 15.4 Å². The lowest BCUT2D eigenvalue weighted by atomic mass is 9.71. The molecule has 0 saturated heterocycles. The topological polar surface area (TPSA) is 85.2 Å². The number of carbonyl (C=O) groups is 2. The summed E-state index contributed by atoms with van der Waals surface area (Å²) in [6.07, 6.45) is 12.1. The molecule has 43 heavy (non-hydrogen) atoms. The first-order valence-corrected chi connectivity index (χ1v) is 16.1. The Balaban J connectivity index is 1.45. The summed E-state index contributed by atoms with van der Waals surface area (Å²) < 4.78 is 7.48. The van der Waals surface area contributed by atoms with Crippen LogP contribution >= 0.6 is 0 Å². The molecule has 0 bridgehead atoms. The lowest BCUT2D eigenvalue weighted by Crippen LogP contribution is -2.46. The van der Waals surface area contributed by atoms with Crippen LogP contribution in [-0.2, 0) is 9.59 Å². The van der Waals surface area contributed by atoms with Gasteiger partial charge in [-0.25, -0.2) is 0 Å². The molecule has 2 saturated carbocycles. The van der Waals surface area contributed by atoms with Gasteiger partial charge in [-0.1, -0.05) is 49.6 Å². The highest BCUT2D eigenvalue weighted by Crippen LogP contribution is 2.43. The van der Waals surface area contributed by atoms with Gasteiger partial charge in [-0.3, -0.25) is 14.3 Å². The van der Waals surface area contributed by atoms with E-state index in [1.54, 1.807) is 14.0 Å². The van der Waals surface area contributed by atoms with Crippen molar-refractivity contribution in [3.05, 3.63) is 71.5 Å². The monoisotopic (exact) mass is 584 g/mol. The van der Waals surface area contributed by atoms with Crippen molar-refractivity contribution in [2.45, 2.75) is 103 Å². The smallest absolute Gasteiger partial charge is 0.223 e. The number of methoxy groups -OCH3 is 1. The maximum absolute atomic E-state index is 13.7. The molecular weight excluding hydrogens is 536 g/mol. The van der Waals surface area contributed by atoms with Crippen LogP contribution in [-0.4, -0.2) is 34.7 Å². The maximum Gasteiger partial charge on any atom is 0.223 e. The molecular formula is C36H48N4O3. The van der Waals surface area contributed by atoms with Crippen molar-refractivity contribution in [2.75, 3.05) is 7.11 Å². The fourth-order valence-electron chi connectivity index (χ4n) is 7.25. The summed E-state index contributed by atoms with van der Waals surface area (Å²) in [7, 11) is 1.69. The molecule has 5 rings (SSSR count). The number of rotatable bonds is 9. The molecule has 2 N–H and O–H groups in total. The van der Waals surface area contributed by atoms with Gasteiger partial charge < -0.3 is 15.4 Å². The molecule has 3 aromatic rings. The van der Waals surface area contributed by atoms with E-state index >= 15 is 0 Å². The Kier molecular flexibility index (Phi) is 9.89. The number of amides is 2. The number of hydrogen-bond donors (Lipinski definition) is 2. The van der Waals surface area contributed by atoms with Crippen molar-refractivity contribution in [3.63, 3.8) is 0 Å². The van der Waals surface area contributed by atoms with E-state index in [0.717, 1.165) is 72.9 Å². The van der Waals surface area contributed by atoms with Gasteiger partial charge in [0.2, 0.25) is 11.8 Å². The fraction of sp³-hybridized carbons (Fsp3) is 0.528. The molecule has 2 aromatic carbocycles. The zero-order valence-corrected chi connectivity index (χ0v) is 26.4. The van der Waals surface area contributed by atoms with E-state index in [1.807, 2.05) is 16.9 Å². The van der Waals surface area contributed by atoms with Gasteiger partial charge in [0, 0.05) is 42.6 Å². The van der Waals surface area contributed by atoms with Crippen molar-refractivity contribution in [1.82, 2.24) is 20.4 Å². The van der Waals surface area contributed by atoms with Crippen molar-refractivity contribution >= 4 is 11.8 Å². The van der Waals surface area contributed by atoms with Gasteiger partial charge in [0.05, 0.1) is 19.3 Å². The molecule has 2 aliphatic carbocycles. The standard InChI is InChI=1S/C36H48N4O3/c1-23(2)40-22-31(21-37-40)27-12-9-13-29(19-27)35(39-36(42)26-10-7-6-8-11-26)30-14-16-32(33(20-30)38-25(4)41)28-15-17-34(43-5)24(3)18-28/h9,12-13,15,17-19,21-23,26,30,32-33,35H,6-8,10-11,14,16,20H2,1-5H3,(H,38,41)(H,39,42). The van der Waals surface area contributed by atoms with E-state index in [2.05, 4.69) is 79.1 Å². The van der Waals surface area contributed by atoms with Crippen LogP contribution in [0.15, 0.2) is 54.9 Å². The molecule has 2 aliphatic rings. The predicted octanol–water partition coefficient (Wildman–Crippen LogP) is 7.27. The molecule has 0 aliphatic heterocycles.